The van der Waals surface area contributed by atoms with E-state index in [-0.39, 0.29) is 5.91 Å². The van der Waals surface area contributed by atoms with Gasteiger partial charge in [0, 0.05) is 24.6 Å². The molecule has 0 saturated carbocycles. The molecule has 0 atom stereocenters. The average Bonchev–Trinajstić information content (AvgIpc) is 3.30. The van der Waals surface area contributed by atoms with Gasteiger partial charge in [0.2, 0.25) is 0 Å². The number of ether oxygens (including phenoxy) is 2. The first-order chi connectivity index (χ1) is 12.6. The Balaban J connectivity index is 1.68. The SMILES string of the molecule is COc1ccc(OC)c(-c2cc(C(=O)NCCc3cc(C)no3)[nH]n2)c1. The van der Waals surface area contributed by atoms with Gasteiger partial charge in [0.1, 0.15) is 23.0 Å². The third-order valence-corrected chi connectivity index (χ3v) is 3.84. The van der Waals surface area contributed by atoms with Gasteiger partial charge in [0.25, 0.3) is 5.91 Å². The highest BCUT2D eigenvalue weighted by Gasteiger charge is 2.15. The van der Waals surface area contributed by atoms with Gasteiger partial charge in [-0.3, -0.25) is 9.89 Å². The summed E-state index contributed by atoms with van der Waals surface area (Å²) in [5.74, 6) is 1.80. The molecule has 1 aromatic carbocycles. The number of amides is 1. The van der Waals surface area contributed by atoms with Crippen molar-refractivity contribution in [3.05, 3.63) is 47.5 Å². The van der Waals surface area contributed by atoms with E-state index in [9.17, 15) is 4.79 Å². The van der Waals surface area contributed by atoms with E-state index >= 15 is 0 Å². The normalized spacial score (nSPS) is 10.6. The summed E-state index contributed by atoms with van der Waals surface area (Å²) in [5, 5.41) is 13.6. The fourth-order valence-electron chi connectivity index (χ4n) is 2.52. The maximum absolute atomic E-state index is 12.3. The molecular formula is C18H20N4O4. The minimum absolute atomic E-state index is 0.248. The van der Waals surface area contributed by atoms with Gasteiger partial charge >= 0.3 is 0 Å². The van der Waals surface area contributed by atoms with Crippen LogP contribution in [0.4, 0.5) is 0 Å². The van der Waals surface area contributed by atoms with Crippen LogP contribution in [0.1, 0.15) is 21.9 Å². The Labute approximate surface area is 150 Å². The number of H-pyrrole nitrogens is 1. The summed E-state index contributed by atoms with van der Waals surface area (Å²) in [6, 6.07) is 8.92. The predicted molar refractivity (Wildman–Crippen MR) is 94.4 cm³/mol. The standard InChI is InChI=1S/C18H20N4O4/c1-11-8-13(26-22-11)6-7-19-18(23)16-10-15(20-21-16)14-9-12(24-2)4-5-17(14)25-3/h4-5,8-10H,6-7H2,1-3H3,(H,19,23)(H,20,21). The van der Waals surface area contributed by atoms with Gasteiger partial charge in [0.15, 0.2) is 0 Å². The Bertz CT molecular complexity index is 900. The van der Waals surface area contributed by atoms with E-state index in [0.29, 0.717) is 35.9 Å². The fourth-order valence-corrected chi connectivity index (χ4v) is 2.52. The highest BCUT2D eigenvalue weighted by Crippen LogP contribution is 2.32. The van der Waals surface area contributed by atoms with Gasteiger partial charge in [-0.05, 0) is 31.2 Å². The second-order valence-electron chi connectivity index (χ2n) is 5.67. The largest absolute Gasteiger partial charge is 0.497 e. The van der Waals surface area contributed by atoms with Crippen molar-refractivity contribution >= 4 is 5.91 Å². The Morgan fingerprint density at radius 3 is 2.77 bits per heavy atom. The summed E-state index contributed by atoms with van der Waals surface area (Å²) in [4.78, 5) is 12.3. The first kappa shape index (κ1) is 17.5. The summed E-state index contributed by atoms with van der Waals surface area (Å²) in [5.41, 5.74) is 2.51. The van der Waals surface area contributed by atoms with Crippen LogP contribution < -0.4 is 14.8 Å². The molecule has 0 aliphatic rings. The molecule has 0 saturated heterocycles. The minimum Gasteiger partial charge on any atom is -0.497 e. The van der Waals surface area contributed by atoms with Crippen LogP contribution in [-0.2, 0) is 6.42 Å². The molecule has 3 rings (SSSR count). The van der Waals surface area contributed by atoms with Crippen LogP contribution in [0.5, 0.6) is 11.5 Å². The van der Waals surface area contributed by atoms with Crippen LogP contribution in [0, 0.1) is 6.92 Å². The number of methoxy groups -OCH3 is 2. The van der Waals surface area contributed by atoms with Crippen molar-refractivity contribution in [1.82, 2.24) is 20.7 Å². The predicted octanol–water partition coefficient (Wildman–Crippen LogP) is 2.36. The van der Waals surface area contributed by atoms with Crippen molar-refractivity contribution in [1.29, 1.82) is 0 Å². The fraction of sp³-hybridized carbons (Fsp3) is 0.278. The lowest BCUT2D eigenvalue weighted by molar-refractivity contribution is 0.0948. The first-order valence-electron chi connectivity index (χ1n) is 8.09. The molecule has 0 unspecified atom stereocenters. The lowest BCUT2D eigenvalue weighted by Crippen LogP contribution is -2.25. The number of nitrogens with zero attached hydrogens (tertiary/aromatic N) is 2. The van der Waals surface area contributed by atoms with Crippen molar-refractivity contribution in [3.8, 4) is 22.8 Å². The topological polar surface area (TPSA) is 102 Å². The van der Waals surface area contributed by atoms with E-state index in [4.69, 9.17) is 14.0 Å². The van der Waals surface area contributed by atoms with Crippen molar-refractivity contribution in [3.63, 3.8) is 0 Å². The molecular weight excluding hydrogens is 336 g/mol. The number of nitrogens with one attached hydrogen (secondary N) is 2. The lowest BCUT2D eigenvalue weighted by Gasteiger charge is -2.08. The third kappa shape index (κ3) is 3.85. The van der Waals surface area contributed by atoms with E-state index in [0.717, 1.165) is 17.0 Å². The summed E-state index contributed by atoms with van der Waals surface area (Å²) < 4.78 is 15.7. The van der Waals surface area contributed by atoms with E-state index in [1.54, 1.807) is 32.4 Å². The Hall–Kier alpha value is -3.29. The summed E-state index contributed by atoms with van der Waals surface area (Å²) in [6.07, 6.45) is 0.567. The third-order valence-electron chi connectivity index (χ3n) is 3.84. The molecule has 2 aromatic heterocycles. The van der Waals surface area contributed by atoms with Crippen LogP contribution in [0.25, 0.3) is 11.3 Å². The molecule has 26 heavy (non-hydrogen) atoms. The molecule has 2 heterocycles. The van der Waals surface area contributed by atoms with Crippen LogP contribution in [0.2, 0.25) is 0 Å². The molecule has 136 valence electrons. The molecule has 8 heteroatoms. The smallest absolute Gasteiger partial charge is 0.269 e. The number of rotatable bonds is 7. The van der Waals surface area contributed by atoms with Crippen molar-refractivity contribution in [2.24, 2.45) is 0 Å². The minimum atomic E-state index is -0.248. The maximum atomic E-state index is 12.3. The number of hydrogen-bond acceptors (Lipinski definition) is 6. The molecule has 0 radical (unpaired) electrons. The van der Waals surface area contributed by atoms with Gasteiger partial charge in [0.05, 0.1) is 25.6 Å². The van der Waals surface area contributed by atoms with E-state index in [2.05, 4.69) is 20.7 Å². The Kier molecular flexibility index (Phi) is 5.21. The Morgan fingerprint density at radius 1 is 1.23 bits per heavy atom. The highest BCUT2D eigenvalue weighted by molar-refractivity contribution is 5.93. The second kappa shape index (κ2) is 7.73. The maximum Gasteiger partial charge on any atom is 0.269 e. The van der Waals surface area contributed by atoms with Crippen molar-refractivity contribution in [2.45, 2.75) is 13.3 Å². The molecule has 0 spiro atoms. The Morgan fingerprint density at radius 2 is 2.08 bits per heavy atom. The molecule has 0 bridgehead atoms. The quantitative estimate of drug-likeness (QED) is 0.674. The highest BCUT2D eigenvalue weighted by atomic mass is 16.5. The zero-order valence-electron chi connectivity index (χ0n) is 14.8. The number of hydrogen-bond donors (Lipinski definition) is 2. The number of benzene rings is 1. The summed E-state index contributed by atoms with van der Waals surface area (Å²) in [6.45, 7) is 2.29. The van der Waals surface area contributed by atoms with E-state index in [1.165, 1.54) is 0 Å². The van der Waals surface area contributed by atoms with E-state index < -0.39 is 0 Å². The second-order valence-corrected chi connectivity index (χ2v) is 5.67. The van der Waals surface area contributed by atoms with Crippen LogP contribution in [0.3, 0.4) is 0 Å². The average molecular weight is 356 g/mol. The molecule has 0 fully saturated rings. The molecule has 1 amide bonds. The van der Waals surface area contributed by atoms with E-state index in [1.807, 2.05) is 19.1 Å². The zero-order valence-corrected chi connectivity index (χ0v) is 14.8. The van der Waals surface area contributed by atoms with Crippen LogP contribution in [-0.4, -0.2) is 42.0 Å². The van der Waals surface area contributed by atoms with Gasteiger partial charge in [-0.15, -0.1) is 0 Å². The molecule has 3 aromatic rings. The van der Waals surface area contributed by atoms with Gasteiger partial charge in [-0.1, -0.05) is 5.16 Å². The summed E-state index contributed by atoms with van der Waals surface area (Å²) >= 11 is 0. The van der Waals surface area contributed by atoms with Crippen molar-refractivity contribution in [2.75, 3.05) is 20.8 Å². The summed E-state index contributed by atoms with van der Waals surface area (Å²) in [7, 11) is 3.17. The van der Waals surface area contributed by atoms with Gasteiger partial charge < -0.3 is 19.3 Å². The number of carbonyl (C=O) groups is 1. The molecule has 0 aliphatic carbocycles. The van der Waals surface area contributed by atoms with Crippen LogP contribution >= 0.6 is 0 Å². The van der Waals surface area contributed by atoms with Crippen LogP contribution in [0.15, 0.2) is 34.9 Å². The van der Waals surface area contributed by atoms with Gasteiger partial charge in [-0.25, -0.2) is 0 Å². The number of aromatic nitrogens is 3. The number of carbonyl (C=O) groups excluding carboxylic acids is 1. The van der Waals surface area contributed by atoms with Gasteiger partial charge in [-0.2, -0.15) is 5.10 Å². The molecule has 8 nitrogen and oxygen atoms in total. The first-order valence-corrected chi connectivity index (χ1v) is 8.09. The number of aryl methyl sites for hydroxylation is 1. The number of aromatic amines is 1. The zero-order chi connectivity index (χ0) is 18.5. The lowest BCUT2D eigenvalue weighted by atomic mass is 10.1. The van der Waals surface area contributed by atoms with Crippen molar-refractivity contribution < 1.29 is 18.8 Å². The monoisotopic (exact) mass is 356 g/mol. The molecule has 0 aliphatic heterocycles. The molecule has 2 N–H and O–H groups in total.